The van der Waals surface area contributed by atoms with Gasteiger partial charge in [0.15, 0.2) is 0 Å². The lowest BCUT2D eigenvalue weighted by molar-refractivity contribution is 0.0503. The second-order valence-corrected chi connectivity index (χ2v) is 6.56. The van der Waals surface area contributed by atoms with Gasteiger partial charge in [0.05, 0.1) is 15.7 Å². The molecule has 0 aliphatic carbocycles. The fourth-order valence-corrected chi connectivity index (χ4v) is 3.62. The maximum atomic E-state index is 6.39. The number of piperidine rings is 1. The van der Waals surface area contributed by atoms with Crippen LogP contribution in [0.15, 0.2) is 0 Å². The minimum Gasteiger partial charge on any atom is -0.315 e. The van der Waals surface area contributed by atoms with Crippen molar-refractivity contribution in [1.82, 2.24) is 15.1 Å². The van der Waals surface area contributed by atoms with Crippen LogP contribution < -0.4 is 5.32 Å². The summed E-state index contributed by atoms with van der Waals surface area (Å²) in [5, 5.41) is 2.78. The van der Waals surface area contributed by atoms with Crippen LogP contribution in [0.5, 0.6) is 0 Å². The topological polar surface area (TPSA) is 18.5 Å². The maximum Gasteiger partial charge on any atom is 0.0825 e. The van der Waals surface area contributed by atoms with E-state index in [9.17, 15) is 0 Å². The summed E-state index contributed by atoms with van der Waals surface area (Å²) in [6, 6.07) is 1.58. The third kappa shape index (κ3) is 3.56. The molecule has 1 atom stereocenters. The zero-order chi connectivity index (χ0) is 14.0. The quantitative estimate of drug-likeness (QED) is 0.730. The summed E-state index contributed by atoms with van der Waals surface area (Å²) in [6.45, 7) is 11.0. The van der Waals surface area contributed by atoms with Crippen molar-refractivity contribution in [3.63, 3.8) is 0 Å². The van der Waals surface area contributed by atoms with Gasteiger partial charge in [-0.2, -0.15) is 0 Å². The van der Waals surface area contributed by atoms with Crippen LogP contribution in [0.3, 0.4) is 0 Å². The first-order chi connectivity index (χ1) is 8.92. The molecule has 0 amide bonds. The van der Waals surface area contributed by atoms with Crippen molar-refractivity contribution in [2.75, 3.05) is 26.2 Å². The van der Waals surface area contributed by atoms with Gasteiger partial charge >= 0.3 is 0 Å². The molecule has 2 aliphatic rings. The molecule has 2 saturated heterocycles. The molecule has 5 heteroatoms. The molecular weight excluding hydrogens is 232 g/mol. The number of nitrogens with one attached hydrogen (secondary N) is 1. The average molecular weight is 259 g/mol. The SMILES string of the molecule is [B]C1([B])CCNCC(C)N1C1CCN(C(C)C)CC1. The number of hydrogen-bond donors (Lipinski definition) is 1. The van der Waals surface area contributed by atoms with E-state index < -0.39 is 5.34 Å². The third-order valence-corrected chi connectivity index (χ3v) is 4.72. The highest BCUT2D eigenvalue weighted by Crippen LogP contribution is 2.27. The van der Waals surface area contributed by atoms with E-state index >= 15 is 0 Å². The largest absolute Gasteiger partial charge is 0.315 e. The predicted molar refractivity (Wildman–Crippen MR) is 82.8 cm³/mol. The summed E-state index contributed by atoms with van der Waals surface area (Å²) < 4.78 is 0. The fraction of sp³-hybridized carbons (Fsp3) is 1.00. The van der Waals surface area contributed by atoms with Crippen LogP contribution in [-0.4, -0.2) is 75.1 Å². The number of rotatable bonds is 2. The first kappa shape index (κ1) is 15.4. The van der Waals surface area contributed by atoms with Crippen molar-refractivity contribution >= 4 is 15.7 Å². The Hall–Kier alpha value is 0.00987. The zero-order valence-electron chi connectivity index (χ0n) is 12.7. The van der Waals surface area contributed by atoms with Crippen LogP contribution in [0.2, 0.25) is 0 Å². The Labute approximate surface area is 121 Å². The van der Waals surface area contributed by atoms with E-state index in [1.807, 2.05) is 0 Å². The summed E-state index contributed by atoms with van der Waals surface area (Å²) in [7, 11) is 12.8. The molecule has 2 aliphatic heterocycles. The monoisotopic (exact) mass is 259 g/mol. The van der Waals surface area contributed by atoms with Gasteiger partial charge in [-0.25, -0.2) is 0 Å². The summed E-state index contributed by atoms with van der Waals surface area (Å²) in [5.41, 5.74) is 0. The Morgan fingerprint density at radius 1 is 1.21 bits per heavy atom. The van der Waals surface area contributed by atoms with E-state index in [0.717, 1.165) is 32.6 Å². The summed E-state index contributed by atoms with van der Waals surface area (Å²) >= 11 is 0. The molecule has 0 spiro atoms. The first-order valence-electron chi connectivity index (χ1n) is 7.73. The molecule has 104 valence electrons. The maximum absolute atomic E-state index is 6.39. The Morgan fingerprint density at radius 3 is 2.42 bits per heavy atom. The lowest BCUT2D eigenvalue weighted by atomic mass is 9.58. The van der Waals surface area contributed by atoms with Gasteiger partial charge in [-0.05, 0) is 59.7 Å². The minimum absolute atomic E-state index is 0.410. The Morgan fingerprint density at radius 2 is 1.84 bits per heavy atom. The van der Waals surface area contributed by atoms with Crippen LogP contribution in [0.1, 0.15) is 40.0 Å². The Bertz CT molecular complexity index is 288. The Balaban J connectivity index is 2.03. The molecule has 19 heavy (non-hydrogen) atoms. The van der Waals surface area contributed by atoms with Gasteiger partial charge in [-0.1, -0.05) is 5.34 Å². The lowest BCUT2D eigenvalue weighted by Crippen LogP contribution is -2.61. The molecule has 2 fully saturated rings. The van der Waals surface area contributed by atoms with Crippen LogP contribution in [-0.2, 0) is 0 Å². The Kier molecular flexibility index (Phi) is 5.02. The van der Waals surface area contributed by atoms with Crippen LogP contribution in [0, 0.1) is 0 Å². The standard InChI is InChI=1S/C14H27B2N3/c1-11(2)18-8-4-13(5-9-18)19-12(3)10-17-7-6-14(19,15)16/h11-13,17H,4-10H2,1-3H3. The lowest BCUT2D eigenvalue weighted by Gasteiger charge is -2.50. The summed E-state index contributed by atoms with van der Waals surface area (Å²) in [6.07, 6.45) is 3.18. The van der Waals surface area contributed by atoms with E-state index in [0.29, 0.717) is 18.1 Å². The molecule has 2 heterocycles. The fourth-order valence-electron chi connectivity index (χ4n) is 3.62. The summed E-state index contributed by atoms with van der Waals surface area (Å²) in [5.74, 6) is 0. The van der Waals surface area contributed by atoms with Crippen molar-refractivity contribution in [3.8, 4) is 0 Å². The zero-order valence-corrected chi connectivity index (χ0v) is 12.7. The second-order valence-electron chi connectivity index (χ2n) is 6.56. The van der Waals surface area contributed by atoms with E-state index in [2.05, 4.69) is 35.9 Å². The highest BCUT2D eigenvalue weighted by Gasteiger charge is 2.37. The van der Waals surface area contributed by atoms with Crippen molar-refractivity contribution in [3.05, 3.63) is 0 Å². The molecule has 1 unspecified atom stereocenters. The molecule has 0 aromatic carbocycles. The minimum atomic E-state index is -0.659. The van der Waals surface area contributed by atoms with Gasteiger partial charge < -0.3 is 15.1 Å². The van der Waals surface area contributed by atoms with Gasteiger partial charge in [0.1, 0.15) is 0 Å². The van der Waals surface area contributed by atoms with Crippen LogP contribution in [0.25, 0.3) is 0 Å². The van der Waals surface area contributed by atoms with Gasteiger partial charge in [0, 0.05) is 24.7 Å². The third-order valence-electron chi connectivity index (χ3n) is 4.72. The van der Waals surface area contributed by atoms with Crippen molar-refractivity contribution in [2.45, 2.75) is 63.5 Å². The predicted octanol–water partition coefficient (Wildman–Crippen LogP) is 0.534. The average Bonchev–Trinajstić information content (AvgIpc) is 2.47. The van der Waals surface area contributed by atoms with Gasteiger partial charge in [-0.15, -0.1) is 0 Å². The smallest absolute Gasteiger partial charge is 0.0825 e. The molecule has 0 bridgehead atoms. The van der Waals surface area contributed by atoms with E-state index in [1.165, 1.54) is 12.8 Å². The highest BCUT2D eigenvalue weighted by molar-refractivity contribution is 6.40. The van der Waals surface area contributed by atoms with Gasteiger partial charge in [0.25, 0.3) is 0 Å². The normalized spacial score (nSPS) is 31.5. The highest BCUT2D eigenvalue weighted by atomic mass is 15.3. The second kappa shape index (κ2) is 6.19. The summed E-state index contributed by atoms with van der Waals surface area (Å²) in [4.78, 5) is 4.93. The van der Waals surface area contributed by atoms with Gasteiger partial charge in [-0.3, -0.25) is 0 Å². The molecule has 0 aromatic heterocycles. The van der Waals surface area contributed by atoms with Crippen molar-refractivity contribution in [1.29, 1.82) is 0 Å². The molecule has 1 N–H and O–H groups in total. The van der Waals surface area contributed by atoms with Crippen molar-refractivity contribution in [2.24, 2.45) is 0 Å². The first-order valence-corrected chi connectivity index (χ1v) is 7.73. The molecule has 3 nitrogen and oxygen atoms in total. The molecular formula is C14H27B2N3. The van der Waals surface area contributed by atoms with Crippen LogP contribution in [0.4, 0.5) is 0 Å². The van der Waals surface area contributed by atoms with E-state index in [-0.39, 0.29) is 0 Å². The molecule has 0 saturated carbocycles. The molecule has 4 radical (unpaired) electrons. The molecule has 0 aromatic rings. The van der Waals surface area contributed by atoms with Crippen LogP contribution >= 0.6 is 0 Å². The number of hydrogen-bond acceptors (Lipinski definition) is 3. The van der Waals surface area contributed by atoms with E-state index in [1.54, 1.807) is 0 Å². The number of nitrogens with zero attached hydrogens (tertiary/aromatic N) is 2. The molecule has 2 rings (SSSR count). The van der Waals surface area contributed by atoms with Gasteiger partial charge in [0.2, 0.25) is 0 Å². The van der Waals surface area contributed by atoms with E-state index in [4.69, 9.17) is 15.7 Å². The van der Waals surface area contributed by atoms with Crippen molar-refractivity contribution < 1.29 is 0 Å². The number of likely N-dealkylation sites (tertiary alicyclic amines) is 1.